The Kier molecular flexibility index (Phi) is 3.76. The van der Waals surface area contributed by atoms with Gasteiger partial charge in [-0.05, 0) is 38.5 Å². The number of rotatable bonds is 2. The number of hydrogen-bond donors (Lipinski definition) is 1. The third-order valence-corrected chi connectivity index (χ3v) is 3.18. The fourth-order valence-corrected chi connectivity index (χ4v) is 2.63. The van der Waals surface area contributed by atoms with Crippen LogP contribution in [0.25, 0.3) is 0 Å². The predicted octanol–water partition coefficient (Wildman–Crippen LogP) is 2.49. The molecular weight excluding hydrogens is 373 g/mol. The minimum Gasteiger partial charge on any atom is -0.364 e. The van der Waals surface area contributed by atoms with Crippen LogP contribution in [0.2, 0.25) is 0 Å². The molecule has 0 radical (unpaired) electrons. The molecule has 0 atom stereocenters. The van der Waals surface area contributed by atoms with E-state index in [-0.39, 0.29) is 19.3 Å². The third-order valence-electron chi connectivity index (χ3n) is 1.46. The maximum absolute atomic E-state index is 12.5. The second-order valence-corrected chi connectivity index (χ2v) is 4.28. The second-order valence-electron chi connectivity index (χ2n) is 2.35. The van der Waals surface area contributed by atoms with E-state index in [1.54, 1.807) is 22.6 Å². The molecule has 2 N–H and O–H groups in total. The first-order valence-corrected chi connectivity index (χ1v) is 5.24. The first-order valence-electron chi connectivity index (χ1n) is 3.37. The molecule has 0 aliphatic heterocycles. The molecule has 1 aromatic rings. The van der Waals surface area contributed by atoms with E-state index in [0.717, 1.165) is 6.20 Å². The smallest absolute Gasteiger partial charge is 0.268 e. The molecule has 0 saturated carbocycles. The Morgan fingerprint density at radius 2 is 2.21 bits per heavy atom. The summed E-state index contributed by atoms with van der Waals surface area (Å²) in [5.41, 5.74) is 4.58. The van der Waals surface area contributed by atoms with E-state index in [1.807, 2.05) is 0 Å². The number of hydrogen-bond acceptors (Lipinski definition) is 2. The Hall–Kier alpha value is -0.310. The van der Waals surface area contributed by atoms with Crippen molar-refractivity contribution in [1.29, 1.82) is 0 Å². The fraction of sp³-hybridized carbons (Fsp3) is 0.143. The molecule has 1 amide bonds. The van der Waals surface area contributed by atoms with Crippen molar-refractivity contribution >= 4 is 44.4 Å². The monoisotopic (exact) mass is 376 g/mol. The number of halogens is 4. The van der Waals surface area contributed by atoms with Crippen LogP contribution >= 0.6 is 38.5 Å². The molecule has 0 saturated heterocycles. The predicted molar refractivity (Wildman–Crippen MR) is 58.1 cm³/mol. The highest BCUT2D eigenvalue weighted by atomic mass is 127. The third kappa shape index (κ3) is 2.19. The van der Waals surface area contributed by atoms with Crippen molar-refractivity contribution in [2.24, 2.45) is 5.73 Å². The summed E-state index contributed by atoms with van der Waals surface area (Å²) >= 11 is 4.56. The lowest BCUT2D eigenvalue weighted by molar-refractivity contribution is 0.0993. The topological polar surface area (TPSA) is 56.0 Å². The Morgan fingerprint density at radius 3 is 2.64 bits per heavy atom. The first kappa shape index (κ1) is 11.8. The van der Waals surface area contributed by atoms with Gasteiger partial charge in [0.2, 0.25) is 0 Å². The van der Waals surface area contributed by atoms with Crippen LogP contribution in [0, 0.1) is 3.57 Å². The van der Waals surface area contributed by atoms with Gasteiger partial charge in [-0.3, -0.25) is 4.79 Å². The standard InChI is InChI=1S/C7H4BrF2IN2O/c8-2-1-13-5(7(12)14)4(11)3(2)6(9)10/h1,6H,(H2,12,14). The van der Waals surface area contributed by atoms with Gasteiger partial charge in [-0.2, -0.15) is 0 Å². The summed E-state index contributed by atoms with van der Waals surface area (Å²) in [6, 6.07) is 0. The highest BCUT2D eigenvalue weighted by Gasteiger charge is 2.21. The molecule has 0 aliphatic rings. The number of aromatic nitrogens is 1. The van der Waals surface area contributed by atoms with Crippen LogP contribution in [0.15, 0.2) is 10.7 Å². The number of alkyl halides is 2. The van der Waals surface area contributed by atoms with E-state index in [0.29, 0.717) is 0 Å². The Bertz CT molecular complexity index is 386. The second kappa shape index (κ2) is 4.47. The summed E-state index contributed by atoms with van der Waals surface area (Å²) in [6.45, 7) is 0. The van der Waals surface area contributed by atoms with Gasteiger partial charge in [-0.25, -0.2) is 13.8 Å². The van der Waals surface area contributed by atoms with Gasteiger partial charge in [0.05, 0.1) is 3.57 Å². The van der Waals surface area contributed by atoms with Crippen molar-refractivity contribution in [2.75, 3.05) is 0 Å². The Balaban J connectivity index is 3.41. The van der Waals surface area contributed by atoms with Gasteiger partial charge < -0.3 is 5.73 Å². The van der Waals surface area contributed by atoms with Gasteiger partial charge in [0.25, 0.3) is 12.3 Å². The lowest BCUT2D eigenvalue weighted by Gasteiger charge is -2.07. The van der Waals surface area contributed by atoms with Gasteiger partial charge in [0.1, 0.15) is 5.69 Å². The van der Waals surface area contributed by atoms with E-state index in [1.165, 1.54) is 0 Å². The quantitative estimate of drug-likeness (QED) is 0.806. The molecule has 0 fully saturated rings. The molecule has 0 bridgehead atoms. The Morgan fingerprint density at radius 1 is 1.64 bits per heavy atom. The molecule has 76 valence electrons. The van der Waals surface area contributed by atoms with Crippen LogP contribution in [0.3, 0.4) is 0 Å². The van der Waals surface area contributed by atoms with Crippen molar-refractivity contribution in [3.63, 3.8) is 0 Å². The molecule has 1 heterocycles. The minimum atomic E-state index is -2.67. The summed E-state index contributed by atoms with van der Waals surface area (Å²) < 4.78 is 25.3. The molecule has 0 spiro atoms. The number of nitrogens with two attached hydrogens (primary N) is 1. The molecule has 1 rings (SSSR count). The lowest BCUT2D eigenvalue weighted by atomic mass is 10.2. The van der Waals surface area contributed by atoms with Gasteiger partial charge in [-0.1, -0.05) is 0 Å². The zero-order valence-corrected chi connectivity index (χ0v) is 10.3. The molecule has 14 heavy (non-hydrogen) atoms. The van der Waals surface area contributed by atoms with Crippen molar-refractivity contribution in [2.45, 2.75) is 6.43 Å². The van der Waals surface area contributed by atoms with Gasteiger partial charge in [0, 0.05) is 16.2 Å². The lowest BCUT2D eigenvalue weighted by Crippen LogP contribution is -2.16. The molecule has 3 nitrogen and oxygen atoms in total. The fourth-order valence-electron chi connectivity index (χ4n) is 0.852. The van der Waals surface area contributed by atoms with Crippen LogP contribution in [-0.2, 0) is 0 Å². The molecule has 7 heteroatoms. The van der Waals surface area contributed by atoms with Crippen molar-refractivity contribution in [1.82, 2.24) is 4.98 Å². The van der Waals surface area contributed by atoms with Crippen LogP contribution in [0.4, 0.5) is 8.78 Å². The number of carbonyl (C=O) groups is 1. The average molecular weight is 377 g/mol. The van der Waals surface area contributed by atoms with E-state index < -0.39 is 12.3 Å². The largest absolute Gasteiger partial charge is 0.364 e. The van der Waals surface area contributed by atoms with Crippen LogP contribution in [0.1, 0.15) is 22.5 Å². The number of primary amides is 1. The number of carbonyl (C=O) groups excluding carboxylic acids is 1. The molecule has 1 aromatic heterocycles. The first-order chi connectivity index (χ1) is 6.45. The summed E-state index contributed by atoms with van der Waals surface area (Å²) in [4.78, 5) is 14.5. The normalized spacial score (nSPS) is 10.6. The van der Waals surface area contributed by atoms with Crippen LogP contribution in [-0.4, -0.2) is 10.9 Å². The van der Waals surface area contributed by atoms with E-state index >= 15 is 0 Å². The van der Waals surface area contributed by atoms with Crippen molar-refractivity contribution in [3.05, 3.63) is 25.5 Å². The summed E-state index contributed by atoms with van der Waals surface area (Å²) in [6.07, 6.45) is -1.53. The zero-order valence-electron chi connectivity index (χ0n) is 6.60. The average Bonchev–Trinajstić information content (AvgIpc) is 2.02. The highest BCUT2D eigenvalue weighted by molar-refractivity contribution is 14.1. The summed E-state index contributed by atoms with van der Waals surface area (Å²) in [5, 5.41) is 0. The van der Waals surface area contributed by atoms with Gasteiger partial charge in [0.15, 0.2) is 0 Å². The minimum absolute atomic E-state index is 0.0828. The van der Waals surface area contributed by atoms with E-state index in [9.17, 15) is 13.6 Å². The molecule has 0 aliphatic carbocycles. The van der Waals surface area contributed by atoms with Gasteiger partial charge >= 0.3 is 0 Å². The van der Waals surface area contributed by atoms with Crippen LogP contribution < -0.4 is 5.73 Å². The van der Waals surface area contributed by atoms with Gasteiger partial charge in [-0.15, -0.1) is 0 Å². The maximum Gasteiger partial charge on any atom is 0.268 e. The molecular formula is C7H4BrF2IN2O. The highest BCUT2D eigenvalue weighted by Crippen LogP contribution is 2.32. The SMILES string of the molecule is NC(=O)c1ncc(Br)c(C(F)F)c1I. The molecule has 0 aromatic carbocycles. The van der Waals surface area contributed by atoms with Crippen molar-refractivity contribution in [3.8, 4) is 0 Å². The Labute approximate surface area is 100 Å². The number of nitrogens with zero attached hydrogens (tertiary/aromatic N) is 1. The summed E-state index contributed by atoms with van der Waals surface area (Å²) in [5.74, 6) is -0.816. The number of pyridine rings is 1. The van der Waals surface area contributed by atoms with E-state index in [2.05, 4.69) is 20.9 Å². The molecule has 0 unspecified atom stereocenters. The zero-order chi connectivity index (χ0) is 10.9. The number of amides is 1. The van der Waals surface area contributed by atoms with E-state index in [4.69, 9.17) is 5.73 Å². The summed E-state index contributed by atoms with van der Waals surface area (Å²) in [7, 11) is 0. The van der Waals surface area contributed by atoms with Crippen LogP contribution in [0.5, 0.6) is 0 Å². The maximum atomic E-state index is 12.5. The van der Waals surface area contributed by atoms with Crippen molar-refractivity contribution < 1.29 is 13.6 Å².